The molecule has 0 aromatic heterocycles. The van der Waals surface area contributed by atoms with E-state index in [-0.39, 0.29) is 0 Å². The summed E-state index contributed by atoms with van der Waals surface area (Å²) >= 11 is 1.63. The van der Waals surface area contributed by atoms with Gasteiger partial charge in [0.1, 0.15) is 5.03 Å². The fraction of sp³-hybridized carbons (Fsp3) is 0.100. The Morgan fingerprint density at radius 3 is 3.00 bits per heavy atom. The molecule has 1 N–H and O–H groups in total. The lowest BCUT2D eigenvalue weighted by Crippen LogP contribution is -1.90. The molecule has 0 spiro atoms. The number of hydrogen-bond acceptors (Lipinski definition) is 3. The summed E-state index contributed by atoms with van der Waals surface area (Å²) in [4.78, 5) is 4.32. The van der Waals surface area contributed by atoms with Crippen LogP contribution >= 0.6 is 11.8 Å². The molecule has 1 aromatic rings. The minimum absolute atomic E-state index is 0.996. The minimum Gasteiger partial charge on any atom is -0.359 e. The summed E-state index contributed by atoms with van der Waals surface area (Å²) < 4.78 is 0. The van der Waals surface area contributed by atoms with Gasteiger partial charge in [0.05, 0.1) is 0 Å². The van der Waals surface area contributed by atoms with Gasteiger partial charge in [-0.05, 0) is 12.3 Å². The summed E-state index contributed by atoms with van der Waals surface area (Å²) in [7, 11) is 0. The first kappa shape index (κ1) is 8.38. The normalized spacial score (nSPS) is 14.1. The average molecular weight is 190 g/mol. The highest BCUT2D eigenvalue weighted by Gasteiger charge is 2.01. The molecule has 13 heavy (non-hydrogen) atoms. The number of hydrogen-bond donors (Lipinski definition) is 1. The Morgan fingerprint density at radius 2 is 2.15 bits per heavy atom. The lowest BCUT2D eigenvalue weighted by molar-refractivity contribution is 1.52. The molecule has 0 saturated heterocycles. The number of para-hydroxylation sites is 1. The molecule has 0 unspecified atom stereocenters. The van der Waals surface area contributed by atoms with Gasteiger partial charge in [-0.1, -0.05) is 18.2 Å². The predicted octanol–water partition coefficient (Wildman–Crippen LogP) is 2.69. The molecule has 0 aliphatic carbocycles. The van der Waals surface area contributed by atoms with Gasteiger partial charge in [0.25, 0.3) is 0 Å². The highest BCUT2D eigenvalue weighted by Crippen LogP contribution is 2.20. The van der Waals surface area contributed by atoms with Crippen LogP contribution in [0.5, 0.6) is 0 Å². The molecule has 2 nitrogen and oxygen atoms in total. The Morgan fingerprint density at radius 1 is 1.31 bits per heavy atom. The maximum Gasteiger partial charge on any atom is 0.112 e. The summed E-state index contributed by atoms with van der Waals surface area (Å²) in [5.74, 6) is 0. The van der Waals surface area contributed by atoms with Crippen LogP contribution in [-0.2, 0) is 0 Å². The second-order valence-electron chi connectivity index (χ2n) is 2.68. The molecule has 66 valence electrons. The van der Waals surface area contributed by atoms with Gasteiger partial charge in [0, 0.05) is 23.7 Å². The fourth-order valence-electron chi connectivity index (χ4n) is 1.16. The van der Waals surface area contributed by atoms with Crippen LogP contribution in [0.25, 0.3) is 0 Å². The van der Waals surface area contributed by atoms with Crippen molar-refractivity contribution in [3.8, 4) is 0 Å². The molecule has 0 bridgehead atoms. The largest absolute Gasteiger partial charge is 0.359 e. The van der Waals surface area contributed by atoms with E-state index in [0.29, 0.717) is 0 Å². The van der Waals surface area contributed by atoms with E-state index in [1.807, 2.05) is 42.9 Å². The summed E-state index contributed by atoms with van der Waals surface area (Å²) in [5.41, 5.74) is 2.23. The Bertz CT molecular complexity index is 369. The number of anilines is 1. The van der Waals surface area contributed by atoms with Gasteiger partial charge in [0.15, 0.2) is 0 Å². The molecule has 0 fully saturated rings. The van der Waals surface area contributed by atoms with Crippen molar-refractivity contribution in [2.45, 2.75) is 0 Å². The maximum atomic E-state index is 4.32. The molecule has 1 aliphatic heterocycles. The topological polar surface area (TPSA) is 24.4 Å². The first-order valence-electron chi connectivity index (χ1n) is 4.04. The van der Waals surface area contributed by atoms with Crippen LogP contribution in [0.3, 0.4) is 0 Å². The maximum absolute atomic E-state index is 4.32. The number of benzene rings is 1. The van der Waals surface area contributed by atoms with Crippen LogP contribution < -0.4 is 5.32 Å². The number of nitrogens with zero attached hydrogens (tertiary/aromatic N) is 1. The number of thioether (sulfide) groups is 1. The van der Waals surface area contributed by atoms with Gasteiger partial charge in [-0.3, -0.25) is 0 Å². The van der Waals surface area contributed by atoms with Crippen LogP contribution in [0, 0.1) is 0 Å². The van der Waals surface area contributed by atoms with Gasteiger partial charge >= 0.3 is 0 Å². The van der Waals surface area contributed by atoms with Crippen molar-refractivity contribution in [3.05, 3.63) is 41.1 Å². The quantitative estimate of drug-likeness (QED) is 0.736. The average Bonchev–Trinajstić information content (AvgIpc) is 2.39. The molecule has 3 heteroatoms. The number of fused-ring (bicyclic) bond motifs is 1. The Labute approximate surface area is 81.8 Å². The van der Waals surface area contributed by atoms with Crippen LogP contribution in [-0.4, -0.2) is 12.5 Å². The van der Waals surface area contributed by atoms with E-state index in [1.54, 1.807) is 11.8 Å². The van der Waals surface area contributed by atoms with Crippen LogP contribution in [0.1, 0.15) is 5.56 Å². The van der Waals surface area contributed by atoms with Crippen LogP contribution in [0.4, 0.5) is 5.69 Å². The summed E-state index contributed by atoms with van der Waals surface area (Å²) in [6.07, 6.45) is 5.82. The van der Waals surface area contributed by atoms with Crippen molar-refractivity contribution in [2.75, 3.05) is 11.6 Å². The first-order valence-corrected chi connectivity index (χ1v) is 5.26. The third-order valence-electron chi connectivity index (χ3n) is 1.85. The Hall–Kier alpha value is -1.22. The van der Waals surface area contributed by atoms with Gasteiger partial charge in [-0.15, -0.1) is 11.8 Å². The molecule has 2 rings (SSSR count). The van der Waals surface area contributed by atoms with E-state index in [9.17, 15) is 0 Å². The van der Waals surface area contributed by atoms with E-state index in [4.69, 9.17) is 0 Å². The van der Waals surface area contributed by atoms with Crippen molar-refractivity contribution in [2.24, 2.45) is 4.99 Å². The molecule has 0 saturated carbocycles. The molecular weight excluding hydrogens is 180 g/mol. The van der Waals surface area contributed by atoms with Crippen molar-refractivity contribution < 1.29 is 0 Å². The lowest BCUT2D eigenvalue weighted by Gasteiger charge is -2.01. The Kier molecular flexibility index (Phi) is 2.36. The van der Waals surface area contributed by atoms with E-state index in [0.717, 1.165) is 16.3 Å². The molecule has 1 heterocycles. The highest BCUT2D eigenvalue weighted by atomic mass is 32.2. The molecule has 1 aromatic carbocycles. The third kappa shape index (κ3) is 1.75. The molecule has 0 radical (unpaired) electrons. The van der Waals surface area contributed by atoms with Crippen LogP contribution in [0.2, 0.25) is 0 Å². The van der Waals surface area contributed by atoms with Gasteiger partial charge in [0.2, 0.25) is 0 Å². The third-order valence-corrected chi connectivity index (χ3v) is 2.49. The van der Waals surface area contributed by atoms with E-state index < -0.39 is 0 Å². The van der Waals surface area contributed by atoms with Crippen molar-refractivity contribution in [1.82, 2.24) is 0 Å². The van der Waals surface area contributed by atoms with E-state index in [1.165, 1.54) is 0 Å². The standard InChI is InChI=1S/C10H10N2S/c1-13-10-7-11-9-5-3-2-4-8(9)6-12-10/h2-7,11H,1H3. The smallest absolute Gasteiger partial charge is 0.112 e. The molecular formula is C10H10N2S. The lowest BCUT2D eigenvalue weighted by atomic mass is 10.2. The SMILES string of the molecule is CSC1=CNc2ccccc2C=N1. The van der Waals surface area contributed by atoms with E-state index >= 15 is 0 Å². The van der Waals surface area contributed by atoms with E-state index in [2.05, 4.69) is 10.3 Å². The van der Waals surface area contributed by atoms with Crippen LogP contribution in [0.15, 0.2) is 40.5 Å². The summed E-state index contributed by atoms with van der Waals surface area (Å²) in [6, 6.07) is 8.11. The van der Waals surface area contributed by atoms with Gasteiger partial charge in [-0.2, -0.15) is 0 Å². The first-order chi connectivity index (χ1) is 6.40. The molecule has 0 amide bonds. The molecule has 0 atom stereocenters. The zero-order valence-corrected chi connectivity index (χ0v) is 8.14. The molecule has 1 aliphatic rings. The zero-order chi connectivity index (χ0) is 9.10. The van der Waals surface area contributed by atoms with Gasteiger partial charge in [-0.25, -0.2) is 4.99 Å². The summed E-state index contributed by atoms with van der Waals surface area (Å²) in [6.45, 7) is 0. The van der Waals surface area contributed by atoms with Crippen molar-refractivity contribution in [1.29, 1.82) is 0 Å². The monoisotopic (exact) mass is 190 g/mol. The van der Waals surface area contributed by atoms with Crippen molar-refractivity contribution in [3.63, 3.8) is 0 Å². The number of nitrogens with one attached hydrogen (secondary N) is 1. The highest BCUT2D eigenvalue weighted by molar-refractivity contribution is 8.02. The second-order valence-corrected chi connectivity index (χ2v) is 3.50. The Balaban J connectivity index is 2.39. The predicted molar refractivity (Wildman–Crippen MR) is 59.3 cm³/mol. The second kappa shape index (κ2) is 3.66. The number of aliphatic imine (C=N–C) groups is 1. The zero-order valence-electron chi connectivity index (χ0n) is 7.32. The fourth-order valence-corrected chi connectivity index (χ4v) is 1.50. The van der Waals surface area contributed by atoms with Gasteiger partial charge < -0.3 is 5.32 Å². The van der Waals surface area contributed by atoms with Crippen molar-refractivity contribution >= 4 is 23.7 Å². The summed E-state index contributed by atoms with van der Waals surface area (Å²) in [5, 5.41) is 4.21. The number of rotatable bonds is 1. The minimum atomic E-state index is 0.996.